The molecular formula is C20H28ClN3O2. The van der Waals surface area contributed by atoms with Crippen molar-refractivity contribution in [1.82, 2.24) is 9.80 Å². The van der Waals surface area contributed by atoms with Gasteiger partial charge in [-0.1, -0.05) is 29.8 Å². The predicted molar refractivity (Wildman–Crippen MR) is 103 cm³/mol. The maximum absolute atomic E-state index is 13.1. The van der Waals surface area contributed by atoms with Crippen LogP contribution >= 0.6 is 12.4 Å². The first-order valence-electron chi connectivity index (χ1n) is 9.42. The van der Waals surface area contributed by atoms with Crippen molar-refractivity contribution < 1.29 is 9.59 Å². The minimum Gasteiger partial charge on any atom is -0.340 e. The summed E-state index contributed by atoms with van der Waals surface area (Å²) in [6.07, 6.45) is 3.33. The molecule has 4 atom stereocenters. The van der Waals surface area contributed by atoms with Crippen LogP contribution in [-0.2, 0) is 16.1 Å². The summed E-state index contributed by atoms with van der Waals surface area (Å²) in [4.78, 5) is 29.2. The number of likely N-dealkylation sites (tertiary alicyclic amines) is 2. The largest absolute Gasteiger partial charge is 0.340 e. The summed E-state index contributed by atoms with van der Waals surface area (Å²) in [5, 5.41) is 0. The van der Waals surface area contributed by atoms with Crippen LogP contribution in [0.5, 0.6) is 0 Å². The normalized spacial score (nSPS) is 30.5. The Morgan fingerprint density at radius 3 is 2.58 bits per heavy atom. The number of carbonyl (C=O) groups excluding carboxylic acids is 2. The predicted octanol–water partition coefficient (Wildman–Crippen LogP) is 2.10. The number of amides is 2. The molecule has 142 valence electrons. The van der Waals surface area contributed by atoms with E-state index in [2.05, 4.69) is 12.1 Å². The second-order valence-corrected chi connectivity index (χ2v) is 7.97. The minimum absolute atomic E-state index is 0. The highest BCUT2D eigenvalue weighted by molar-refractivity contribution is 5.91. The molecule has 2 saturated heterocycles. The van der Waals surface area contributed by atoms with Gasteiger partial charge in [0.15, 0.2) is 0 Å². The van der Waals surface area contributed by atoms with Gasteiger partial charge in [0.05, 0.1) is 0 Å². The van der Waals surface area contributed by atoms with Crippen LogP contribution in [0.2, 0.25) is 0 Å². The van der Waals surface area contributed by atoms with E-state index in [4.69, 9.17) is 5.73 Å². The van der Waals surface area contributed by atoms with Gasteiger partial charge in [0, 0.05) is 32.1 Å². The molecule has 5 nitrogen and oxygen atoms in total. The molecule has 2 amide bonds. The molecule has 4 rings (SSSR count). The van der Waals surface area contributed by atoms with Crippen LogP contribution < -0.4 is 5.73 Å². The summed E-state index contributed by atoms with van der Waals surface area (Å²) in [6, 6.07) is 8.12. The van der Waals surface area contributed by atoms with E-state index in [0.717, 1.165) is 31.5 Å². The zero-order chi connectivity index (χ0) is 17.6. The molecule has 26 heavy (non-hydrogen) atoms. The second-order valence-electron chi connectivity index (χ2n) is 7.97. The molecule has 3 aliphatic rings. The summed E-state index contributed by atoms with van der Waals surface area (Å²) < 4.78 is 0. The molecule has 1 aromatic rings. The molecule has 2 heterocycles. The maximum Gasteiger partial charge on any atom is 0.245 e. The molecule has 3 fully saturated rings. The summed E-state index contributed by atoms with van der Waals surface area (Å²) in [5.41, 5.74) is 8.48. The molecule has 0 spiro atoms. The topological polar surface area (TPSA) is 66.6 Å². The molecule has 2 aliphatic heterocycles. The van der Waals surface area contributed by atoms with Crippen LogP contribution in [0.1, 0.15) is 36.8 Å². The van der Waals surface area contributed by atoms with Gasteiger partial charge in [-0.05, 0) is 43.6 Å². The number of fused-ring (bicyclic) bond motifs is 1. The Labute approximate surface area is 161 Å². The number of nitrogens with zero attached hydrogens (tertiary/aromatic N) is 2. The molecule has 6 heteroatoms. The lowest BCUT2D eigenvalue weighted by molar-refractivity contribution is -0.141. The smallest absolute Gasteiger partial charge is 0.245 e. The van der Waals surface area contributed by atoms with Crippen molar-refractivity contribution >= 4 is 24.2 Å². The number of benzene rings is 1. The fourth-order valence-corrected chi connectivity index (χ4v) is 4.78. The highest BCUT2D eigenvalue weighted by Crippen LogP contribution is 2.38. The zero-order valence-electron chi connectivity index (χ0n) is 15.3. The Hall–Kier alpha value is -1.59. The van der Waals surface area contributed by atoms with E-state index in [1.54, 1.807) is 4.90 Å². The molecule has 0 bridgehead atoms. The molecular weight excluding hydrogens is 350 g/mol. The third-order valence-electron chi connectivity index (χ3n) is 6.31. The SMILES string of the molecule is Cc1ccc(CN2C(=O)CCC2C(=O)N2CC3CCC(N)C3C2)cc1.Cl. The van der Waals surface area contributed by atoms with Crippen LogP contribution in [0, 0.1) is 18.8 Å². The van der Waals surface area contributed by atoms with Gasteiger partial charge in [-0.2, -0.15) is 0 Å². The molecule has 1 saturated carbocycles. The summed E-state index contributed by atoms with van der Waals surface area (Å²) in [6.45, 7) is 4.16. The number of rotatable bonds is 3. The third-order valence-corrected chi connectivity index (χ3v) is 6.31. The number of hydrogen-bond donors (Lipinski definition) is 1. The highest BCUT2D eigenvalue weighted by atomic mass is 35.5. The van der Waals surface area contributed by atoms with Crippen LogP contribution in [0.3, 0.4) is 0 Å². The van der Waals surface area contributed by atoms with Crippen LogP contribution in [0.4, 0.5) is 0 Å². The van der Waals surface area contributed by atoms with Gasteiger partial charge in [-0.3, -0.25) is 9.59 Å². The zero-order valence-corrected chi connectivity index (χ0v) is 16.1. The van der Waals surface area contributed by atoms with Gasteiger partial charge in [-0.25, -0.2) is 0 Å². The van der Waals surface area contributed by atoms with Gasteiger partial charge in [0.25, 0.3) is 0 Å². The lowest BCUT2D eigenvalue weighted by Gasteiger charge is -2.29. The van der Waals surface area contributed by atoms with Crippen molar-refractivity contribution in [2.45, 2.75) is 51.2 Å². The Morgan fingerprint density at radius 1 is 1.15 bits per heavy atom. The van der Waals surface area contributed by atoms with Crippen LogP contribution in [0.25, 0.3) is 0 Å². The Bertz CT molecular complexity index is 678. The van der Waals surface area contributed by atoms with E-state index >= 15 is 0 Å². The Morgan fingerprint density at radius 2 is 1.88 bits per heavy atom. The van der Waals surface area contributed by atoms with Gasteiger partial charge < -0.3 is 15.5 Å². The molecule has 0 aromatic heterocycles. The third kappa shape index (κ3) is 3.47. The van der Waals surface area contributed by atoms with E-state index in [-0.39, 0.29) is 36.3 Å². The molecule has 4 unspecified atom stereocenters. The minimum atomic E-state index is -0.302. The lowest BCUT2D eigenvalue weighted by Crippen LogP contribution is -2.46. The van der Waals surface area contributed by atoms with E-state index in [0.29, 0.717) is 31.2 Å². The number of halogens is 1. The fraction of sp³-hybridized carbons (Fsp3) is 0.600. The average Bonchev–Trinajstić information content (AvgIpc) is 3.27. The van der Waals surface area contributed by atoms with E-state index in [9.17, 15) is 9.59 Å². The summed E-state index contributed by atoms with van der Waals surface area (Å²) in [7, 11) is 0. The van der Waals surface area contributed by atoms with E-state index < -0.39 is 0 Å². The number of nitrogens with two attached hydrogens (primary N) is 1. The van der Waals surface area contributed by atoms with Crippen LogP contribution in [-0.4, -0.2) is 46.8 Å². The van der Waals surface area contributed by atoms with Crippen molar-refractivity contribution in [3.05, 3.63) is 35.4 Å². The highest BCUT2D eigenvalue weighted by Gasteiger charge is 2.46. The summed E-state index contributed by atoms with van der Waals surface area (Å²) >= 11 is 0. The first-order chi connectivity index (χ1) is 12.0. The van der Waals surface area contributed by atoms with Crippen molar-refractivity contribution in [3.63, 3.8) is 0 Å². The maximum atomic E-state index is 13.1. The average molecular weight is 378 g/mol. The van der Waals surface area contributed by atoms with E-state index in [1.165, 1.54) is 5.56 Å². The lowest BCUT2D eigenvalue weighted by atomic mass is 9.98. The van der Waals surface area contributed by atoms with Crippen LogP contribution in [0.15, 0.2) is 24.3 Å². The van der Waals surface area contributed by atoms with Gasteiger partial charge in [0.1, 0.15) is 6.04 Å². The second kappa shape index (κ2) is 7.57. The van der Waals surface area contributed by atoms with Crippen molar-refractivity contribution in [1.29, 1.82) is 0 Å². The van der Waals surface area contributed by atoms with Crippen molar-refractivity contribution in [3.8, 4) is 0 Å². The monoisotopic (exact) mass is 377 g/mol. The molecule has 0 radical (unpaired) electrons. The molecule has 1 aromatic carbocycles. The van der Waals surface area contributed by atoms with Gasteiger partial charge in [-0.15, -0.1) is 12.4 Å². The Balaban J connectivity index is 0.00000196. The Kier molecular flexibility index (Phi) is 5.58. The molecule has 2 N–H and O–H groups in total. The standard InChI is InChI=1S/C20H27N3O2.ClH/c1-13-2-4-14(5-3-13)10-23-18(8-9-19(23)24)20(25)22-11-15-6-7-17(21)16(15)12-22;/h2-5,15-18H,6-12,21H2,1H3;1H. The number of carbonyl (C=O) groups is 2. The summed E-state index contributed by atoms with van der Waals surface area (Å²) in [5.74, 6) is 1.22. The van der Waals surface area contributed by atoms with E-state index in [1.807, 2.05) is 24.0 Å². The van der Waals surface area contributed by atoms with Gasteiger partial charge >= 0.3 is 0 Å². The quantitative estimate of drug-likeness (QED) is 0.877. The number of aryl methyl sites for hydroxylation is 1. The van der Waals surface area contributed by atoms with Crippen molar-refractivity contribution in [2.24, 2.45) is 17.6 Å². The van der Waals surface area contributed by atoms with Gasteiger partial charge in [0.2, 0.25) is 11.8 Å². The fourth-order valence-electron chi connectivity index (χ4n) is 4.78. The number of hydrogen-bond acceptors (Lipinski definition) is 3. The first kappa shape index (κ1) is 19.2. The molecule has 1 aliphatic carbocycles. The first-order valence-corrected chi connectivity index (χ1v) is 9.42. The van der Waals surface area contributed by atoms with Crippen molar-refractivity contribution in [2.75, 3.05) is 13.1 Å².